The maximum atomic E-state index is 13.0. The molecule has 11 heteroatoms. The van der Waals surface area contributed by atoms with E-state index >= 15 is 0 Å². The van der Waals surface area contributed by atoms with Crippen molar-refractivity contribution in [3.05, 3.63) is 102 Å². The average Bonchev–Trinajstić information content (AvgIpc) is 3.74. The molecule has 0 bridgehead atoms. The molecule has 5 atom stereocenters. The largest absolute Gasteiger partial charge is 0.459 e. The van der Waals surface area contributed by atoms with E-state index in [4.69, 9.17) is 14.2 Å². The van der Waals surface area contributed by atoms with E-state index in [1.807, 2.05) is 62.4 Å². The van der Waals surface area contributed by atoms with Crippen LogP contribution in [0.2, 0.25) is 0 Å². The maximum Gasteiger partial charge on any atom is 0.330 e. The monoisotopic (exact) mass is 760 g/mol. The van der Waals surface area contributed by atoms with Gasteiger partial charge in [0.1, 0.15) is 24.1 Å². The Kier molecular flexibility index (Phi) is 14.2. The number of rotatable bonds is 16. The Balaban J connectivity index is 0.000000217. The molecule has 2 saturated heterocycles. The van der Waals surface area contributed by atoms with E-state index in [1.165, 1.54) is 49.4 Å². The number of thioether (sulfide) groups is 1. The van der Waals surface area contributed by atoms with Crippen molar-refractivity contribution in [3.8, 4) is 11.5 Å². The molecular weight excluding hydrogens is 709 g/mol. The van der Waals surface area contributed by atoms with Crippen LogP contribution >= 0.6 is 11.8 Å². The van der Waals surface area contributed by atoms with Gasteiger partial charge in [-0.05, 0) is 67.6 Å². The number of nitrogens with one attached hydrogen (secondary N) is 1. The Morgan fingerprint density at radius 3 is 2.47 bits per heavy atom. The summed E-state index contributed by atoms with van der Waals surface area (Å²) in [6.07, 6.45) is 10.0. The highest BCUT2D eigenvalue weighted by Gasteiger charge is 2.64. The Hall–Kier alpha value is -4.09. The van der Waals surface area contributed by atoms with Crippen molar-refractivity contribution < 1.29 is 32.8 Å². The number of amides is 2. The third kappa shape index (κ3) is 10.1. The first-order valence-corrected chi connectivity index (χ1v) is 20.8. The number of ether oxygens (including phenoxy) is 3. The van der Waals surface area contributed by atoms with Crippen LogP contribution in [0.25, 0.3) is 6.08 Å². The molecule has 0 saturated carbocycles. The Morgan fingerprint density at radius 2 is 1.72 bits per heavy atom. The lowest BCUT2D eigenvalue weighted by molar-refractivity contribution is -0.164. The summed E-state index contributed by atoms with van der Waals surface area (Å²) in [5.41, 5.74) is 3.42. The Morgan fingerprint density at radius 1 is 1.02 bits per heavy atom. The van der Waals surface area contributed by atoms with Gasteiger partial charge in [0.2, 0.25) is 12.7 Å². The zero-order chi connectivity index (χ0) is 38.0. The summed E-state index contributed by atoms with van der Waals surface area (Å²) in [7, 11) is -0.743. The van der Waals surface area contributed by atoms with Crippen LogP contribution in [-0.4, -0.2) is 66.9 Å². The molecule has 3 heterocycles. The number of fused-ring (bicyclic) bond motifs is 2. The minimum absolute atomic E-state index is 0.110. The van der Waals surface area contributed by atoms with Gasteiger partial charge in [-0.1, -0.05) is 107 Å². The van der Waals surface area contributed by atoms with E-state index < -0.39 is 33.6 Å². The molecule has 53 heavy (non-hydrogen) atoms. The average molecular weight is 761 g/mol. The molecule has 3 aromatic rings. The second-order valence-corrected chi connectivity index (χ2v) is 17.9. The lowest BCUT2D eigenvalue weighted by Crippen LogP contribution is -2.70. The third-order valence-electron chi connectivity index (χ3n) is 9.74. The molecule has 2 fully saturated rings. The highest BCUT2D eigenvalue weighted by atomic mass is 32.2. The zero-order valence-electron chi connectivity index (χ0n) is 31.2. The van der Waals surface area contributed by atoms with Gasteiger partial charge >= 0.3 is 5.97 Å². The van der Waals surface area contributed by atoms with Crippen molar-refractivity contribution in [2.24, 2.45) is 0 Å². The number of carbonyl (C=O) groups is 3. The van der Waals surface area contributed by atoms with Gasteiger partial charge in [-0.15, -0.1) is 11.8 Å². The lowest BCUT2D eigenvalue weighted by atomic mass is 9.95. The van der Waals surface area contributed by atoms with Gasteiger partial charge in [-0.2, -0.15) is 0 Å². The summed E-state index contributed by atoms with van der Waals surface area (Å²) >= 11 is 1.51. The summed E-state index contributed by atoms with van der Waals surface area (Å²) in [5, 5.41) is 2.70. The highest BCUT2D eigenvalue weighted by molar-refractivity contribution is 8.01. The summed E-state index contributed by atoms with van der Waals surface area (Å²) in [4.78, 5) is 39.9. The number of hydrogen-bond acceptors (Lipinski definition) is 8. The summed E-state index contributed by atoms with van der Waals surface area (Å²) in [6, 6.07) is 21.0. The molecule has 3 unspecified atom stereocenters. The van der Waals surface area contributed by atoms with Gasteiger partial charge in [-0.3, -0.25) is 13.8 Å². The fourth-order valence-corrected chi connectivity index (χ4v) is 9.64. The molecule has 0 radical (unpaired) electrons. The van der Waals surface area contributed by atoms with E-state index in [0.29, 0.717) is 12.4 Å². The van der Waals surface area contributed by atoms with Gasteiger partial charge in [0.25, 0.3) is 5.91 Å². The quantitative estimate of drug-likeness (QED) is 0.0900. The zero-order valence-corrected chi connectivity index (χ0v) is 32.8. The number of nitrogens with zero attached hydrogens (tertiary/aromatic N) is 1. The molecule has 3 aliphatic rings. The normalized spacial score (nSPS) is 20.3. The summed E-state index contributed by atoms with van der Waals surface area (Å²) in [5.74, 6) is 1.44. The molecule has 9 nitrogen and oxygen atoms in total. The van der Waals surface area contributed by atoms with Crippen molar-refractivity contribution >= 4 is 46.4 Å². The molecule has 1 N–H and O–H groups in total. The van der Waals surface area contributed by atoms with E-state index in [2.05, 4.69) is 25.7 Å². The molecule has 0 spiro atoms. The standard InChI is InChI=1S/C24H24N2O4S.C18H28O3S/c1-4-15-10-8-9-13-17(15)14-30-23(29)19-24(2,3)31-22-18(21(28)26(19)22)25-20(27)16-11-6-5-7-12-16;1-3-4-5-6-7-8-11-22(19)15(2)12-16-9-10-17-18(13-16)21-14-20-17/h4-13,18-19,22H,1,14H2,2-3H3,(H,25,27);9-10,13,15H,3-8,11-12,14H2,1-2H3/t18?,19-,22+;/m0./s1. The van der Waals surface area contributed by atoms with Crippen molar-refractivity contribution in [1.29, 1.82) is 0 Å². The van der Waals surface area contributed by atoms with Crippen molar-refractivity contribution in [2.45, 2.75) is 107 Å². The second kappa shape index (κ2) is 18.8. The molecule has 3 aliphatic heterocycles. The van der Waals surface area contributed by atoms with Crippen molar-refractivity contribution in [3.63, 3.8) is 0 Å². The number of hydrogen-bond donors (Lipinski definition) is 1. The fourth-order valence-electron chi connectivity index (χ4n) is 6.75. The van der Waals surface area contributed by atoms with E-state index in [1.54, 1.807) is 35.2 Å². The van der Waals surface area contributed by atoms with Crippen LogP contribution in [0.15, 0.2) is 79.4 Å². The van der Waals surface area contributed by atoms with Crippen LogP contribution in [0, 0.1) is 0 Å². The number of benzene rings is 3. The first-order valence-electron chi connectivity index (χ1n) is 18.5. The minimum atomic E-state index is -0.743. The Bertz CT molecular complexity index is 1770. The number of unbranched alkanes of at least 4 members (excludes halogenated alkanes) is 5. The van der Waals surface area contributed by atoms with Crippen LogP contribution < -0.4 is 14.8 Å². The van der Waals surface area contributed by atoms with Crippen molar-refractivity contribution in [2.75, 3.05) is 12.5 Å². The minimum Gasteiger partial charge on any atom is -0.459 e. The van der Waals surface area contributed by atoms with Crippen LogP contribution in [0.5, 0.6) is 11.5 Å². The first kappa shape index (κ1) is 40.1. The third-order valence-corrected chi connectivity index (χ3v) is 13.1. The highest BCUT2D eigenvalue weighted by Crippen LogP contribution is 2.51. The number of β-lactam (4-membered cyclic amide) rings is 1. The fraction of sp³-hybridized carbons (Fsp3) is 0.452. The molecule has 2 amide bonds. The Labute approximate surface area is 320 Å². The second-order valence-electron chi connectivity index (χ2n) is 14.1. The molecule has 284 valence electrons. The molecule has 6 rings (SSSR count). The van der Waals surface area contributed by atoms with Gasteiger partial charge in [0, 0.05) is 32.1 Å². The van der Waals surface area contributed by atoms with E-state index in [9.17, 15) is 18.6 Å². The van der Waals surface area contributed by atoms with E-state index in [0.717, 1.165) is 41.2 Å². The SMILES string of the molecule is C=Cc1ccccc1COC(=O)[C@@H]1N2C(=O)C(NC(=O)c3ccccc3)[C@H]2SC1(C)C.CCCCCCCCS(=O)C(C)Cc1ccc2c(c1)OCO2. The summed E-state index contributed by atoms with van der Waals surface area (Å²) in [6.45, 7) is 12.3. The lowest BCUT2D eigenvalue weighted by Gasteiger charge is -2.43. The van der Waals surface area contributed by atoms with E-state index in [-0.39, 0.29) is 29.0 Å². The maximum absolute atomic E-state index is 13.0. The first-order chi connectivity index (χ1) is 25.5. The molecule has 3 aromatic carbocycles. The van der Waals surface area contributed by atoms with Crippen molar-refractivity contribution in [1.82, 2.24) is 10.2 Å². The molecule has 0 aromatic heterocycles. The van der Waals surface area contributed by atoms with Gasteiger partial charge in [0.15, 0.2) is 11.5 Å². The van der Waals surface area contributed by atoms with Crippen LogP contribution in [0.1, 0.15) is 93.3 Å². The summed E-state index contributed by atoms with van der Waals surface area (Å²) < 4.78 is 28.1. The van der Waals surface area contributed by atoms with Crippen LogP contribution in [-0.2, 0) is 38.2 Å². The predicted molar refractivity (Wildman–Crippen MR) is 212 cm³/mol. The smallest absolute Gasteiger partial charge is 0.330 e. The predicted octanol–water partition coefficient (Wildman–Crippen LogP) is 7.69. The molecular formula is C42H52N2O7S2. The van der Waals surface area contributed by atoms with Gasteiger partial charge in [0.05, 0.1) is 0 Å². The number of carbonyl (C=O) groups excluding carboxylic acids is 3. The van der Waals surface area contributed by atoms with Crippen LogP contribution in [0.3, 0.4) is 0 Å². The topological polar surface area (TPSA) is 111 Å². The van der Waals surface area contributed by atoms with Gasteiger partial charge < -0.3 is 24.4 Å². The molecule has 0 aliphatic carbocycles. The van der Waals surface area contributed by atoms with Gasteiger partial charge in [-0.25, -0.2) is 4.79 Å². The van der Waals surface area contributed by atoms with Crippen LogP contribution in [0.4, 0.5) is 0 Å². The number of esters is 1.